The highest BCUT2D eigenvalue weighted by Gasteiger charge is 2.27. The molecule has 0 N–H and O–H groups in total. The third-order valence-corrected chi connectivity index (χ3v) is 4.94. The lowest BCUT2D eigenvalue weighted by Gasteiger charge is -2.27. The maximum atomic E-state index is 13.3. The van der Waals surface area contributed by atoms with Crippen LogP contribution in [0.4, 0.5) is 4.39 Å². The number of carbonyl (C=O) groups excluding carboxylic acids is 1. The van der Waals surface area contributed by atoms with Crippen LogP contribution >= 0.6 is 11.8 Å². The molecule has 2 aromatic rings. The molecule has 0 radical (unpaired) electrons. The summed E-state index contributed by atoms with van der Waals surface area (Å²) in [5, 5.41) is 0.705. The summed E-state index contributed by atoms with van der Waals surface area (Å²) in [6, 6.07) is 9.71. The van der Waals surface area contributed by atoms with Gasteiger partial charge in [0.05, 0.1) is 18.1 Å². The van der Waals surface area contributed by atoms with Crippen molar-refractivity contribution >= 4 is 28.9 Å². The van der Waals surface area contributed by atoms with Crippen LogP contribution in [-0.4, -0.2) is 42.3 Å². The van der Waals surface area contributed by atoms with Gasteiger partial charge >= 0.3 is 0 Å². The highest BCUT2D eigenvalue weighted by molar-refractivity contribution is 8.18. The maximum Gasteiger partial charge on any atom is 0.286 e. The number of halogens is 1. The van der Waals surface area contributed by atoms with Crippen LogP contribution in [0.15, 0.2) is 50.7 Å². The third-order valence-electron chi connectivity index (χ3n) is 3.90. The van der Waals surface area contributed by atoms with E-state index >= 15 is 0 Å². The predicted octanol–water partition coefficient (Wildman–Crippen LogP) is 3.39. The number of amides is 1. The molecule has 0 unspecified atom stereocenters. The van der Waals surface area contributed by atoms with Gasteiger partial charge in [0, 0.05) is 24.7 Å². The maximum absolute atomic E-state index is 13.3. The van der Waals surface area contributed by atoms with Crippen molar-refractivity contribution in [2.45, 2.75) is 0 Å². The molecule has 0 spiro atoms. The van der Waals surface area contributed by atoms with Crippen molar-refractivity contribution in [3.05, 3.63) is 52.9 Å². The van der Waals surface area contributed by atoms with Crippen molar-refractivity contribution in [3.8, 4) is 11.3 Å². The molecule has 2 aliphatic heterocycles. The van der Waals surface area contributed by atoms with Crippen molar-refractivity contribution in [2.24, 2.45) is 4.99 Å². The Hall–Kier alpha value is -2.38. The Bertz CT molecular complexity index is 869. The van der Waals surface area contributed by atoms with Crippen molar-refractivity contribution in [2.75, 3.05) is 26.3 Å². The van der Waals surface area contributed by atoms with Crippen LogP contribution in [0.2, 0.25) is 0 Å². The highest BCUT2D eigenvalue weighted by Crippen LogP contribution is 2.32. The number of carbonyl (C=O) groups is 1. The molecule has 0 atom stereocenters. The molecule has 7 heteroatoms. The molecule has 0 bridgehead atoms. The van der Waals surface area contributed by atoms with Gasteiger partial charge in [-0.25, -0.2) is 4.39 Å². The van der Waals surface area contributed by atoms with E-state index in [1.165, 1.54) is 23.9 Å². The fraction of sp³-hybridized carbons (Fsp3) is 0.222. The first-order chi connectivity index (χ1) is 12.2. The van der Waals surface area contributed by atoms with E-state index in [9.17, 15) is 9.18 Å². The van der Waals surface area contributed by atoms with Crippen LogP contribution in [0.25, 0.3) is 17.4 Å². The van der Waals surface area contributed by atoms with E-state index in [-0.39, 0.29) is 11.7 Å². The summed E-state index contributed by atoms with van der Waals surface area (Å²) in [5.74, 6) is 0.499. The summed E-state index contributed by atoms with van der Waals surface area (Å²) in [4.78, 5) is 18.8. The third kappa shape index (κ3) is 3.52. The molecule has 1 aromatic heterocycles. The molecule has 0 aliphatic carbocycles. The lowest BCUT2D eigenvalue weighted by molar-refractivity contribution is -0.113. The molecule has 25 heavy (non-hydrogen) atoms. The van der Waals surface area contributed by atoms with Crippen LogP contribution < -0.4 is 0 Å². The Morgan fingerprint density at radius 2 is 2.04 bits per heavy atom. The number of thioether (sulfide) groups is 1. The molecule has 2 aliphatic rings. The Labute approximate surface area is 148 Å². The zero-order valence-corrected chi connectivity index (χ0v) is 14.1. The predicted molar refractivity (Wildman–Crippen MR) is 94.5 cm³/mol. The number of furan rings is 1. The minimum Gasteiger partial charge on any atom is -0.457 e. The molecule has 4 rings (SSSR count). The van der Waals surface area contributed by atoms with Crippen LogP contribution in [-0.2, 0) is 9.53 Å². The number of morpholine rings is 1. The minimum absolute atomic E-state index is 0.268. The lowest BCUT2D eigenvalue weighted by atomic mass is 10.2. The Morgan fingerprint density at radius 3 is 2.84 bits per heavy atom. The van der Waals surface area contributed by atoms with Crippen molar-refractivity contribution in [1.82, 2.24) is 4.90 Å². The lowest BCUT2D eigenvalue weighted by Crippen LogP contribution is -2.38. The first kappa shape index (κ1) is 16.1. The number of rotatable bonds is 2. The van der Waals surface area contributed by atoms with Crippen molar-refractivity contribution in [3.63, 3.8) is 0 Å². The molecule has 1 aromatic carbocycles. The number of aliphatic imine (C=N–C) groups is 1. The van der Waals surface area contributed by atoms with Crippen molar-refractivity contribution < 1.29 is 18.3 Å². The summed E-state index contributed by atoms with van der Waals surface area (Å²) in [6.07, 6.45) is 1.67. The van der Waals surface area contributed by atoms with Gasteiger partial charge in [0.15, 0.2) is 5.17 Å². The van der Waals surface area contributed by atoms with Gasteiger partial charge in [-0.05, 0) is 36.0 Å². The summed E-state index contributed by atoms with van der Waals surface area (Å²) in [5.41, 5.74) is 0.653. The summed E-state index contributed by atoms with van der Waals surface area (Å²) < 4.78 is 24.4. The monoisotopic (exact) mass is 358 g/mol. The topological polar surface area (TPSA) is 55.0 Å². The fourth-order valence-corrected chi connectivity index (χ4v) is 3.59. The smallest absolute Gasteiger partial charge is 0.286 e. The summed E-state index contributed by atoms with van der Waals surface area (Å²) in [6.45, 7) is 2.75. The minimum atomic E-state index is -0.320. The first-order valence-corrected chi connectivity index (χ1v) is 8.72. The van der Waals surface area contributed by atoms with E-state index in [2.05, 4.69) is 4.99 Å². The fourth-order valence-electron chi connectivity index (χ4n) is 2.64. The number of hydrogen-bond acceptors (Lipinski definition) is 5. The van der Waals surface area contributed by atoms with Gasteiger partial charge in [0.1, 0.15) is 17.3 Å². The van der Waals surface area contributed by atoms with Gasteiger partial charge in [-0.1, -0.05) is 12.1 Å². The van der Waals surface area contributed by atoms with E-state index in [1.54, 1.807) is 30.3 Å². The Balaban J connectivity index is 1.51. The molecule has 0 saturated carbocycles. The molecule has 5 nitrogen and oxygen atoms in total. The van der Waals surface area contributed by atoms with Gasteiger partial charge < -0.3 is 14.1 Å². The van der Waals surface area contributed by atoms with Gasteiger partial charge in [-0.2, -0.15) is 4.99 Å². The average molecular weight is 358 g/mol. The van der Waals surface area contributed by atoms with E-state index in [4.69, 9.17) is 9.15 Å². The second-order valence-electron chi connectivity index (χ2n) is 5.62. The van der Waals surface area contributed by atoms with Crippen LogP contribution in [0, 0.1) is 5.82 Å². The largest absolute Gasteiger partial charge is 0.457 e. The van der Waals surface area contributed by atoms with E-state index in [1.807, 2.05) is 4.90 Å². The molecular formula is C18H15FN2O3S. The Kier molecular flexibility index (Phi) is 4.42. The first-order valence-electron chi connectivity index (χ1n) is 7.90. The molecule has 3 heterocycles. The molecule has 1 saturated heterocycles. The number of nitrogens with zero attached hydrogens (tertiary/aromatic N) is 2. The molecular weight excluding hydrogens is 343 g/mol. The van der Waals surface area contributed by atoms with Gasteiger partial charge in [0.25, 0.3) is 5.91 Å². The van der Waals surface area contributed by atoms with Gasteiger partial charge in [0.2, 0.25) is 0 Å². The highest BCUT2D eigenvalue weighted by atomic mass is 32.2. The summed E-state index contributed by atoms with van der Waals surface area (Å²) in [7, 11) is 0. The molecule has 128 valence electrons. The van der Waals surface area contributed by atoms with Crippen LogP contribution in [0.1, 0.15) is 5.76 Å². The van der Waals surface area contributed by atoms with E-state index in [0.717, 1.165) is 13.1 Å². The Morgan fingerprint density at radius 1 is 1.20 bits per heavy atom. The van der Waals surface area contributed by atoms with Gasteiger partial charge in [-0.15, -0.1) is 0 Å². The summed E-state index contributed by atoms with van der Waals surface area (Å²) >= 11 is 1.34. The SMILES string of the molecule is O=C1N=C(N2CCOCC2)SC1=Cc1ccc(-c2cccc(F)c2)o1. The second-order valence-corrected chi connectivity index (χ2v) is 6.63. The number of hydrogen-bond donors (Lipinski definition) is 0. The van der Waals surface area contributed by atoms with Crippen LogP contribution in [0.3, 0.4) is 0 Å². The zero-order valence-electron chi connectivity index (χ0n) is 13.3. The number of ether oxygens (including phenoxy) is 1. The quantitative estimate of drug-likeness (QED) is 0.771. The van der Waals surface area contributed by atoms with E-state index in [0.29, 0.717) is 40.4 Å². The average Bonchev–Trinajstić information content (AvgIpc) is 3.24. The normalized spacial score (nSPS) is 19.6. The van der Waals surface area contributed by atoms with Crippen molar-refractivity contribution in [1.29, 1.82) is 0 Å². The molecule has 1 fully saturated rings. The van der Waals surface area contributed by atoms with Gasteiger partial charge in [-0.3, -0.25) is 4.79 Å². The number of benzene rings is 1. The molecule has 1 amide bonds. The van der Waals surface area contributed by atoms with E-state index < -0.39 is 0 Å². The second kappa shape index (κ2) is 6.85. The number of amidine groups is 1. The standard InChI is InChI=1S/C18H15FN2O3S/c19-13-3-1-2-12(10-13)15-5-4-14(24-15)11-16-17(22)20-18(25-16)21-6-8-23-9-7-21/h1-5,10-11H,6-9H2. The van der Waals surface area contributed by atoms with Crippen LogP contribution in [0.5, 0.6) is 0 Å². The zero-order chi connectivity index (χ0) is 17.2.